The van der Waals surface area contributed by atoms with E-state index in [1.54, 1.807) is 54.1 Å². The lowest BCUT2D eigenvalue weighted by Crippen LogP contribution is -2.33. The average molecular weight is 572 g/mol. The first-order chi connectivity index (χ1) is 20.3. The molecule has 0 bridgehead atoms. The number of methoxy groups -OCH3 is 1. The summed E-state index contributed by atoms with van der Waals surface area (Å²) in [6.45, 7) is 4.91. The molecule has 1 heterocycles. The van der Waals surface area contributed by atoms with E-state index in [1.807, 2.05) is 44.2 Å². The third-order valence-electron chi connectivity index (χ3n) is 7.07. The number of hydrogen-bond acceptors (Lipinski definition) is 7. The minimum atomic E-state index is -0.472. The molecule has 0 aliphatic rings. The lowest BCUT2D eigenvalue weighted by atomic mass is 10.1. The molecule has 9 heteroatoms. The number of ether oxygens (including phenoxy) is 1. The zero-order valence-corrected chi connectivity index (χ0v) is 24.3. The van der Waals surface area contributed by atoms with Gasteiger partial charge in [-0.1, -0.05) is 35.9 Å². The third kappa shape index (κ3) is 7.43. The zero-order chi connectivity index (χ0) is 30.1. The second-order valence-electron chi connectivity index (χ2n) is 10.1. The van der Waals surface area contributed by atoms with Crippen molar-refractivity contribution in [3.05, 3.63) is 101 Å². The van der Waals surface area contributed by atoms with Gasteiger partial charge in [-0.05, 0) is 74.7 Å². The van der Waals surface area contributed by atoms with E-state index in [0.717, 1.165) is 16.5 Å². The van der Waals surface area contributed by atoms with Crippen molar-refractivity contribution >= 4 is 28.7 Å². The van der Waals surface area contributed by atoms with E-state index >= 15 is 0 Å². The van der Waals surface area contributed by atoms with Gasteiger partial charge in [0.1, 0.15) is 5.75 Å². The van der Waals surface area contributed by atoms with E-state index in [2.05, 4.69) is 5.32 Å². The van der Waals surface area contributed by atoms with Gasteiger partial charge in [-0.3, -0.25) is 14.2 Å². The Labute approximate surface area is 245 Å². The highest BCUT2D eigenvalue weighted by Crippen LogP contribution is 2.30. The maximum Gasteiger partial charge on any atom is 0.357 e. The Morgan fingerprint density at radius 1 is 0.905 bits per heavy atom. The van der Waals surface area contributed by atoms with Gasteiger partial charge in [0.25, 0.3) is 5.91 Å². The molecule has 42 heavy (non-hydrogen) atoms. The number of rotatable bonds is 13. The first kappa shape index (κ1) is 30.5. The lowest BCUT2D eigenvalue weighted by molar-refractivity contribution is -0.121. The first-order valence-corrected chi connectivity index (χ1v) is 14.0. The molecule has 0 saturated heterocycles. The molecule has 0 aliphatic carbocycles. The van der Waals surface area contributed by atoms with Crippen molar-refractivity contribution in [1.82, 2.24) is 14.9 Å². The van der Waals surface area contributed by atoms with Gasteiger partial charge in [0.2, 0.25) is 5.91 Å². The smallest absolute Gasteiger partial charge is 0.357 e. The van der Waals surface area contributed by atoms with Gasteiger partial charge in [0.05, 0.1) is 24.6 Å². The number of aryl methyl sites for hydroxylation is 1. The van der Waals surface area contributed by atoms with Gasteiger partial charge < -0.3 is 20.0 Å². The molecule has 4 aromatic rings. The molecule has 3 aromatic carbocycles. The van der Waals surface area contributed by atoms with Crippen LogP contribution >= 0.6 is 0 Å². The third-order valence-corrected chi connectivity index (χ3v) is 7.07. The second-order valence-corrected chi connectivity index (χ2v) is 10.1. The summed E-state index contributed by atoms with van der Waals surface area (Å²) in [6.07, 6.45) is 1.06. The van der Waals surface area contributed by atoms with Crippen LogP contribution in [-0.4, -0.2) is 65.9 Å². The Morgan fingerprint density at radius 2 is 1.62 bits per heavy atom. The molecule has 0 saturated carbocycles. The van der Waals surface area contributed by atoms with Crippen molar-refractivity contribution in [1.29, 1.82) is 0 Å². The predicted octanol–water partition coefficient (Wildman–Crippen LogP) is 4.46. The maximum absolute atomic E-state index is 13.5. The normalized spacial score (nSPS) is 11.1. The summed E-state index contributed by atoms with van der Waals surface area (Å²) in [7, 11) is 1.58. The van der Waals surface area contributed by atoms with Crippen molar-refractivity contribution in [2.24, 2.45) is 0 Å². The van der Waals surface area contributed by atoms with Gasteiger partial charge >= 0.3 is 5.97 Å². The largest absolute Gasteiger partial charge is 0.497 e. The Morgan fingerprint density at radius 3 is 2.31 bits per heavy atom. The molecular formula is C33H37N3O6. The molecule has 0 radical (unpaired) electrons. The van der Waals surface area contributed by atoms with Crippen molar-refractivity contribution in [3.63, 3.8) is 0 Å². The highest BCUT2D eigenvalue weighted by Gasteiger charge is 2.22. The fraction of sp³-hybridized carbons (Fsp3) is 0.303. The summed E-state index contributed by atoms with van der Waals surface area (Å²) in [5, 5.41) is 14.5. The lowest BCUT2D eigenvalue weighted by Gasteiger charge is -2.21. The van der Waals surface area contributed by atoms with Crippen LogP contribution < -0.4 is 10.1 Å². The van der Waals surface area contributed by atoms with E-state index in [-0.39, 0.29) is 24.8 Å². The summed E-state index contributed by atoms with van der Waals surface area (Å²) in [5.41, 5.74) is 4.22. The van der Waals surface area contributed by atoms with Crippen LogP contribution in [-0.2, 0) is 16.1 Å². The topological polar surface area (TPSA) is 110 Å². The summed E-state index contributed by atoms with van der Waals surface area (Å²) in [6, 6.07) is 21.6. The van der Waals surface area contributed by atoms with Crippen LogP contribution in [0.1, 0.15) is 50.4 Å². The minimum absolute atomic E-state index is 0.0275. The van der Waals surface area contributed by atoms with Crippen LogP contribution in [0.5, 0.6) is 5.75 Å². The van der Waals surface area contributed by atoms with Crippen LogP contribution in [0, 0.1) is 13.8 Å². The number of carbonyl (C=O) groups is 3. The first-order valence-electron chi connectivity index (χ1n) is 14.0. The molecule has 0 fully saturated rings. The monoisotopic (exact) mass is 571 g/mol. The molecule has 4 rings (SSSR count). The van der Waals surface area contributed by atoms with E-state index in [1.165, 1.54) is 5.06 Å². The Bertz CT molecular complexity index is 1530. The average Bonchev–Trinajstić information content (AvgIpc) is 3.27. The van der Waals surface area contributed by atoms with Gasteiger partial charge in [0.15, 0.2) is 0 Å². The number of benzene rings is 3. The molecular weight excluding hydrogens is 534 g/mol. The molecule has 0 aliphatic heterocycles. The van der Waals surface area contributed by atoms with Crippen LogP contribution in [0.2, 0.25) is 0 Å². The van der Waals surface area contributed by atoms with E-state index in [0.29, 0.717) is 60.6 Å². The molecule has 0 unspecified atom stereocenters. The van der Waals surface area contributed by atoms with Crippen molar-refractivity contribution < 1.29 is 29.1 Å². The highest BCUT2D eigenvalue weighted by molar-refractivity contribution is 6.05. The Balaban J connectivity index is 1.43. The zero-order valence-electron chi connectivity index (χ0n) is 24.3. The van der Waals surface area contributed by atoms with Crippen molar-refractivity contribution in [2.75, 3.05) is 33.4 Å². The predicted molar refractivity (Wildman–Crippen MR) is 161 cm³/mol. The molecule has 1 aromatic heterocycles. The second kappa shape index (κ2) is 14.4. The Hall–Kier alpha value is -4.47. The number of nitrogens with one attached hydrogen (secondary N) is 1. The van der Waals surface area contributed by atoms with Gasteiger partial charge in [-0.25, -0.2) is 4.79 Å². The molecule has 0 spiro atoms. The van der Waals surface area contributed by atoms with Gasteiger partial charge in [-0.2, -0.15) is 0 Å². The number of fused-ring (bicyclic) bond motifs is 1. The van der Waals surface area contributed by atoms with E-state index < -0.39 is 5.97 Å². The summed E-state index contributed by atoms with van der Waals surface area (Å²) in [4.78, 5) is 44.6. The quantitative estimate of drug-likeness (QED) is 0.180. The van der Waals surface area contributed by atoms with Gasteiger partial charge in [-0.15, -0.1) is 5.06 Å². The van der Waals surface area contributed by atoms with Crippen LogP contribution in [0.3, 0.4) is 0 Å². The molecule has 1 amide bonds. The number of carbonyl (C=O) groups excluding carboxylic acids is 3. The molecule has 9 nitrogen and oxygen atoms in total. The van der Waals surface area contributed by atoms with Crippen LogP contribution in [0.15, 0.2) is 72.8 Å². The van der Waals surface area contributed by atoms with Crippen molar-refractivity contribution in [3.8, 4) is 5.75 Å². The maximum atomic E-state index is 13.5. The molecule has 220 valence electrons. The van der Waals surface area contributed by atoms with E-state index in [9.17, 15) is 19.5 Å². The number of amides is 1. The fourth-order valence-electron chi connectivity index (χ4n) is 4.80. The number of hydrogen-bond donors (Lipinski definition) is 2. The van der Waals surface area contributed by atoms with Gasteiger partial charge in [0, 0.05) is 42.9 Å². The molecule has 2 N–H and O–H groups in total. The summed E-state index contributed by atoms with van der Waals surface area (Å²) in [5.74, 6) is -0.189. The fourth-order valence-corrected chi connectivity index (χ4v) is 4.80. The summed E-state index contributed by atoms with van der Waals surface area (Å²) >= 11 is 0. The minimum Gasteiger partial charge on any atom is -0.497 e. The van der Waals surface area contributed by atoms with Crippen LogP contribution in [0.25, 0.3) is 10.9 Å². The number of aliphatic hydroxyl groups excluding tert-OH is 1. The van der Waals surface area contributed by atoms with E-state index in [4.69, 9.17) is 9.57 Å². The molecule has 0 atom stereocenters. The standard InChI is InChI=1S/C33H37N3O6/c1-23-11-13-25(14-12-23)32(39)36-24(2)28(29-21-27(41-3)15-16-30(29)36)22-31(38)34-17-7-18-35(19-8-20-37)42-33(40)26-9-5-4-6-10-26/h4-6,9-16,21,37H,7-8,17-20,22H2,1-3H3,(H,34,38). The number of hydroxylamine groups is 2. The van der Waals surface area contributed by atoms with Crippen molar-refractivity contribution in [2.45, 2.75) is 33.1 Å². The Kier molecular flexibility index (Phi) is 10.5. The number of aromatic nitrogens is 1. The number of aliphatic hydroxyl groups is 1. The van der Waals surface area contributed by atoms with Crippen LogP contribution in [0.4, 0.5) is 0 Å². The number of nitrogens with zero attached hydrogens (tertiary/aromatic N) is 2. The summed E-state index contributed by atoms with van der Waals surface area (Å²) < 4.78 is 7.08. The highest BCUT2D eigenvalue weighted by atomic mass is 16.7. The SMILES string of the molecule is COc1ccc2c(c1)c(CC(=O)NCCCN(CCCO)OC(=O)c1ccccc1)c(C)n2C(=O)c1ccc(C)cc1.